The molecule has 5 aliphatic carbocycles. The summed E-state index contributed by atoms with van der Waals surface area (Å²) in [6.45, 7) is 22.3. The van der Waals surface area contributed by atoms with E-state index in [1.54, 1.807) is 0 Å². The van der Waals surface area contributed by atoms with Crippen LogP contribution in [0, 0.1) is 56.7 Å². The molecule has 5 aliphatic rings. The van der Waals surface area contributed by atoms with Gasteiger partial charge in [0.15, 0.2) is 0 Å². The van der Waals surface area contributed by atoms with Crippen molar-refractivity contribution in [3.63, 3.8) is 0 Å². The second kappa shape index (κ2) is 7.35. The van der Waals surface area contributed by atoms with E-state index in [9.17, 15) is 5.11 Å². The molecular formula is C31H54O. The number of rotatable bonds is 1. The van der Waals surface area contributed by atoms with E-state index in [1.807, 2.05) is 0 Å². The maximum Gasteiger partial charge on any atom is 0.0594 e. The molecule has 5 fully saturated rings. The van der Waals surface area contributed by atoms with Gasteiger partial charge in [0.25, 0.3) is 0 Å². The predicted octanol–water partition coefficient (Wildman–Crippen LogP) is 8.66. The summed E-state index contributed by atoms with van der Waals surface area (Å²) in [5.41, 5.74) is 3.38. The summed E-state index contributed by atoms with van der Waals surface area (Å²) in [5, 5.41) is 10.9. The molecule has 1 nitrogen and oxygen atoms in total. The fourth-order valence-electron chi connectivity index (χ4n) is 11.5. The minimum atomic E-state index is -0.118. The van der Waals surface area contributed by atoms with Crippen LogP contribution in [0.3, 0.4) is 0 Å². The van der Waals surface area contributed by atoms with Crippen LogP contribution < -0.4 is 0 Å². The number of hydrogen-bond acceptors (Lipinski definition) is 1. The van der Waals surface area contributed by atoms with Gasteiger partial charge in [0.05, 0.1) is 6.10 Å². The van der Waals surface area contributed by atoms with Crippen LogP contribution in [-0.2, 0) is 0 Å². The molecule has 0 spiro atoms. The molecule has 184 valence electrons. The lowest BCUT2D eigenvalue weighted by molar-refractivity contribution is -0.246. The van der Waals surface area contributed by atoms with Crippen molar-refractivity contribution in [3.05, 3.63) is 12.2 Å². The van der Waals surface area contributed by atoms with E-state index in [4.69, 9.17) is 0 Å². The van der Waals surface area contributed by atoms with E-state index in [2.05, 4.69) is 55.0 Å². The predicted molar refractivity (Wildman–Crippen MR) is 137 cm³/mol. The summed E-state index contributed by atoms with van der Waals surface area (Å²) in [7, 11) is 0. The van der Waals surface area contributed by atoms with E-state index in [0.717, 1.165) is 30.1 Å². The second-order valence-electron chi connectivity index (χ2n) is 14.7. The minimum absolute atomic E-state index is 0. The monoisotopic (exact) mass is 442 g/mol. The Bertz CT molecular complexity index is 766. The van der Waals surface area contributed by atoms with Gasteiger partial charge in [0.1, 0.15) is 0 Å². The molecule has 1 N–H and O–H groups in total. The zero-order valence-corrected chi connectivity index (χ0v) is 21.7. The molecule has 10 atom stereocenters. The van der Waals surface area contributed by atoms with Crippen LogP contribution in [0.4, 0.5) is 0 Å². The Hall–Kier alpha value is -0.300. The first-order valence-electron chi connectivity index (χ1n) is 13.6. The third-order valence-electron chi connectivity index (χ3n) is 13.5. The molecule has 0 radical (unpaired) electrons. The molecule has 0 aromatic carbocycles. The van der Waals surface area contributed by atoms with Gasteiger partial charge in [-0.25, -0.2) is 0 Å². The van der Waals surface area contributed by atoms with Crippen molar-refractivity contribution < 1.29 is 5.11 Å². The third kappa shape index (κ3) is 2.85. The summed E-state index contributed by atoms with van der Waals surface area (Å²) in [4.78, 5) is 0. The zero-order valence-electron chi connectivity index (χ0n) is 21.7. The number of aliphatic hydroxyl groups is 1. The number of aliphatic hydroxyl groups excluding tert-OH is 1. The molecule has 0 aliphatic heterocycles. The average Bonchev–Trinajstić information content (AvgIpc) is 3.04. The molecule has 5 rings (SSSR count). The van der Waals surface area contributed by atoms with Gasteiger partial charge < -0.3 is 5.11 Å². The van der Waals surface area contributed by atoms with Gasteiger partial charge in [-0.3, -0.25) is 0 Å². The highest BCUT2D eigenvalue weighted by Crippen LogP contribution is 2.77. The number of allylic oxidation sites excluding steroid dienone is 1. The van der Waals surface area contributed by atoms with Gasteiger partial charge in [0, 0.05) is 0 Å². The van der Waals surface area contributed by atoms with Crippen molar-refractivity contribution in [2.24, 2.45) is 56.7 Å². The van der Waals surface area contributed by atoms with Crippen LogP contribution in [0.25, 0.3) is 0 Å². The Labute approximate surface area is 200 Å². The summed E-state index contributed by atoms with van der Waals surface area (Å²) in [5.74, 6) is 3.98. The Kier molecular flexibility index (Phi) is 5.70. The highest BCUT2D eigenvalue weighted by molar-refractivity contribution is 5.21. The van der Waals surface area contributed by atoms with Crippen molar-refractivity contribution in [1.82, 2.24) is 0 Å². The van der Waals surface area contributed by atoms with Crippen LogP contribution in [0.15, 0.2) is 12.2 Å². The molecular weight excluding hydrogens is 388 g/mol. The molecule has 1 unspecified atom stereocenters. The molecule has 0 amide bonds. The summed E-state index contributed by atoms with van der Waals surface area (Å²) >= 11 is 0. The van der Waals surface area contributed by atoms with Crippen molar-refractivity contribution >= 4 is 0 Å². The molecule has 1 heteroatoms. The van der Waals surface area contributed by atoms with Crippen LogP contribution in [-0.4, -0.2) is 11.2 Å². The maximum absolute atomic E-state index is 10.9. The van der Waals surface area contributed by atoms with Crippen molar-refractivity contribution in [2.75, 3.05) is 0 Å². The minimum Gasteiger partial charge on any atom is -0.393 e. The van der Waals surface area contributed by atoms with Crippen molar-refractivity contribution in [2.45, 2.75) is 126 Å². The normalized spacial score (nSPS) is 56.1. The first-order valence-corrected chi connectivity index (χ1v) is 13.6. The Morgan fingerprint density at radius 3 is 2.09 bits per heavy atom. The standard InChI is InChI=1S/C30H50O.CH4/c1-19(2)20-11-14-27(5)17-18-29(7)21(25(20)27)9-10-23-28(6)15-13-24(31)26(3,4)22(28)12-16-30(23,29)8;/h20-25,31H,1,9-18H2,2-8H3;1H4/t20-,21?,22-,23+,24-,25+,27+,28-,29+,30+;/m0./s1. The van der Waals surface area contributed by atoms with Gasteiger partial charge in [-0.05, 0) is 128 Å². The van der Waals surface area contributed by atoms with E-state index >= 15 is 0 Å². The average molecular weight is 443 g/mol. The van der Waals surface area contributed by atoms with Gasteiger partial charge in [-0.15, -0.1) is 0 Å². The molecule has 0 saturated heterocycles. The third-order valence-corrected chi connectivity index (χ3v) is 13.5. The number of hydrogen-bond donors (Lipinski definition) is 1. The van der Waals surface area contributed by atoms with Gasteiger partial charge in [-0.2, -0.15) is 0 Å². The SMILES string of the molecule is C.C=C(C)[C@@H]1CC[C@]2(C)CC[C@]3(C)C(CC[C@@H]4[C@@]5(C)CC[C@H](O)C(C)(C)[C@@H]5CC[C@]43C)[C@@H]12. The van der Waals surface area contributed by atoms with E-state index < -0.39 is 0 Å². The van der Waals surface area contributed by atoms with E-state index in [0.29, 0.717) is 27.6 Å². The zero-order chi connectivity index (χ0) is 22.6. The van der Waals surface area contributed by atoms with Crippen LogP contribution >= 0.6 is 0 Å². The molecule has 0 bridgehead atoms. The lowest BCUT2D eigenvalue weighted by atomic mass is 9.32. The van der Waals surface area contributed by atoms with Crippen molar-refractivity contribution in [1.29, 1.82) is 0 Å². The smallest absolute Gasteiger partial charge is 0.0594 e. The fourth-order valence-corrected chi connectivity index (χ4v) is 11.5. The molecule has 0 aromatic heterocycles. The Morgan fingerprint density at radius 2 is 1.44 bits per heavy atom. The lowest BCUT2D eigenvalue weighted by Crippen LogP contribution is -2.66. The fraction of sp³-hybridized carbons (Fsp3) is 0.935. The largest absolute Gasteiger partial charge is 0.393 e. The van der Waals surface area contributed by atoms with Crippen molar-refractivity contribution in [3.8, 4) is 0 Å². The second-order valence-corrected chi connectivity index (χ2v) is 14.7. The quantitative estimate of drug-likeness (QED) is 0.403. The molecule has 0 aromatic rings. The molecule has 0 heterocycles. The summed E-state index contributed by atoms with van der Waals surface area (Å²) in [6.07, 6.45) is 13.4. The highest BCUT2D eigenvalue weighted by atomic mass is 16.3. The van der Waals surface area contributed by atoms with Crippen LogP contribution in [0.5, 0.6) is 0 Å². The first kappa shape index (κ1) is 24.8. The van der Waals surface area contributed by atoms with Gasteiger partial charge in [0.2, 0.25) is 0 Å². The topological polar surface area (TPSA) is 20.2 Å². The first-order chi connectivity index (χ1) is 14.3. The lowest BCUT2D eigenvalue weighted by Gasteiger charge is -2.73. The number of fused-ring (bicyclic) bond motifs is 7. The molecule has 32 heavy (non-hydrogen) atoms. The summed E-state index contributed by atoms with van der Waals surface area (Å²) in [6, 6.07) is 0. The van der Waals surface area contributed by atoms with E-state index in [1.165, 1.54) is 63.4 Å². The van der Waals surface area contributed by atoms with Crippen LogP contribution in [0.2, 0.25) is 0 Å². The summed E-state index contributed by atoms with van der Waals surface area (Å²) < 4.78 is 0. The Morgan fingerprint density at radius 1 is 0.750 bits per heavy atom. The highest BCUT2D eigenvalue weighted by Gasteiger charge is 2.70. The molecule has 5 saturated carbocycles. The van der Waals surface area contributed by atoms with E-state index in [-0.39, 0.29) is 18.9 Å². The Balaban J connectivity index is 0.00000245. The van der Waals surface area contributed by atoms with Gasteiger partial charge in [-0.1, -0.05) is 61.1 Å². The maximum atomic E-state index is 10.9. The van der Waals surface area contributed by atoms with Gasteiger partial charge >= 0.3 is 0 Å². The van der Waals surface area contributed by atoms with Crippen LogP contribution in [0.1, 0.15) is 120 Å².